The lowest BCUT2D eigenvalue weighted by Gasteiger charge is -2.14. The molecule has 1 saturated heterocycles. The maximum Gasteiger partial charge on any atom is 0.332 e. The molecule has 0 aromatic heterocycles. The van der Waals surface area contributed by atoms with Crippen molar-refractivity contribution in [3.63, 3.8) is 0 Å². The van der Waals surface area contributed by atoms with Crippen LogP contribution < -0.4 is 10.1 Å². The van der Waals surface area contributed by atoms with Crippen molar-refractivity contribution in [3.8, 4) is 5.75 Å². The van der Waals surface area contributed by atoms with E-state index in [2.05, 4.69) is 5.32 Å². The molecule has 1 fully saturated rings. The van der Waals surface area contributed by atoms with Crippen LogP contribution in [0.4, 0.5) is 5.69 Å². The molecule has 1 aliphatic heterocycles. The maximum atomic E-state index is 10.8. The van der Waals surface area contributed by atoms with Gasteiger partial charge in [0.25, 0.3) is 0 Å². The van der Waals surface area contributed by atoms with E-state index in [4.69, 9.17) is 26.2 Å². The molecule has 2 N–H and O–H groups in total. The van der Waals surface area contributed by atoms with Crippen LogP contribution in [0.3, 0.4) is 0 Å². The number of carboxylic acid groups (broad SMARTS) is 1. The van der Waals surface area contributed by atoms with Gasteiger partial charge in [0.15, 0.2) is 6.10 Å². The van der Waals surface area contributed by atoms with E-state index in [0.717, 1.165) is 12.1 Å². The van der Waals surface area contributed by atoms with Gasteiger partial charge in [0.1, 0.15) is 5.75 Å². The number of methoxy groups -OCH3 is 1. The number of hydrogen-bond acceptors (Lipinski definition) is 4. The number of ether oxygens (including phenoxy) is 2. The number of hydrogen-bond donors (Lipinski definition) is 2. The van der Waals surface area contributed by atoms with Gasteiger partial charge in [0.05, 0.1) is 23.9 Å². The van der Waals surface area contributed by atoms with Crippen LogP contribution in [0.15, 0.2) is 18.2 Å². The lowest BCUT2D eigenvalue weighted by Crippen LogP contribution is -2.24. The van der Waals surface area contributed by atoms with E-state index >= 15 is 0 Å². The molecule has 0 aliphatic carbocycles. The molecule has 0 amide bonds. The summed E-state index contributed by atoms with van der Waals surface area (Å²) in [6.45, 7) is 0.524. The summed E-state index contributed by atoms with van der Waals surface area (Å²) in [5.74, 6) is -0.190. The summed E-state index contributed by atoms with van der Waals surface area (Å²) in [5.41, 5.74) is 0.753. The van der Waals surface area contributed by atoms with Crippen LogP contribution in [0.1, 0.15) is 12.8 Å². The molecule has 1 aromatic carbocycles. The van der Waals surface area contributed by atoms with Gasteiger partial charge in [0, 0.05) is 12.6 Å². The zero-order chi connectivity index (χ0) is 13.8. The molecule has 6 heteroatoms. The lowest BCUT2D eigenvalue weighted by molar-refractivity contribution is -0.149. The molecule has 1 aliphatic rings. The number of benzene rings is 1. The highest BCUT2D eigenvalue weighted by atomic mass is 35.5. The van der Waals surface area contributed by atoms with Crippen molar-refractivity contribution in [2.45, 2.75) is 25.0 Å². The second kappa shape index (κ2) is 6.12. The first kappa shape index (κ1) is 14.0. The standard InChI is InChI=1S/C13H16ClNO4/c1-18-8-2-4-10(14)11(6-8)15-7-9-3-5-12(19-9)13(16)17/h2,4,6,9,12,15H,3,5,7H2,1H3,(H,16,17). The normalized spacial score (nSPS) is 22.2. The molecule has 0 spiro atoms. The summed E-state index contributed by atoms with van der Waals surface area (Å²) in [6.07, 6.45) is 0.481. The number of aliphatic carboxylic acids is 1. The van der Waals surface area contributed by atoms with Crippen LogP contribution in [0.5, 0.6) is 5.75 Å². The molecule has 1 heterocycles. The highest BCUT2D eigenvalue weighted by molar-refractivity contribution is 6.33. The van der Waals surface area contributed by atoms with Crippen LogP contribution in [0.25, 0.3) is 0 Å². The van der Waals surface area contributed by atoms with Crippen LogP contribution in [-0.2, 0) is 9.53 Å². The minimum Gasteiger partial charge on any atom is -0.497 e. The zero-order valence-electron chi connectivity index (χ0n) is 10.6. The number of nitrogens with one attached hydrogen (secondary N) is 1. The van der Waals surface area contributed by atoms with E-state index in [1.54, 1.807) is 25.3 Å². The molecule has 0 bridgehead atoms. The van der Waals surface area contributed by atoms with E-state index < -0.39 is 12.1 Å². The smallest absolute Gasteiger partial charge is 0.332 e. The highest BCUT2D eigenvalue weighted by Gasteiger charge is 2.30. The van der Waals surface area contributed by atoms with E-state index in [9.17, 15) is 4.79 Å². The minimum atomic E-state index is -0.901. The summed E-state index contributed by atoms with van der Waals surface area (Å²) in [6, 6.07) is 5.32. The van der Waals surface area contributed by atoms with Gasteiger partial charge in [-0.3, -0.25) is 0 Å². The van der Waals surface area contributed by atoms with E-state index in [1.807, 2.05) is 0 Å². The molecular formula is C13H16ClNO4. The summed E-state index contributed by atoms with van der Waals surface area (Å²) < 4.78 is 10.5. The van der Waals surface area contributed by atoms with Crippen LogP contribution in [-0.4, -0.2) is 36.9 Å². The average Bonchev–Trinajstić information content (AvgIpc) is 2.87. The molecule has 0 saturated carbocycles. The first-order chi connectivity index (χ1) is 9.10. The second-order valence-corrected chi connectivity index (χ2v) is 4.80. The SMILES string of the molecule is COc1ccc(Cl)c(NCC2CCC(C(=O)O)O2)c1. The molecule has 0 radical (unpaired) electrons. The molecule has 2 unspecified atom stereocenters. The number of rotatable bonds is 5. The third kappa shape index (κ3) is 3.52. The number of halogens is 1. The van der Waals surface area contributed by atoms with Crippen molar-refractivity contribution in [1.29, 1.82) is 0 Å². The van der Waals surface area contributed by atoms with Crippen molar-refractivity contribution in [2.24, 2.45) is 0 Å². The maximum absolute atomic E-state index is 10.8. The van der Waals surface area contributed by atoms with Gasteiger partial charge in [0.2, 0.25) is 0 Å². The van der Waals surface area contributed by atoms with Crippen LogP contribution in [0.2, 0.25) is 5.02 Å². The van der Waals surface area contributed by atoms with Crippen molar-refractivity contribution < 1.29 is 19.4 Å². The first-order valence-electron chi connectivity index (χ1n) is 6.06. The Labute approximate surface area is 116 Å². The number of carbonyl (C=O) groups is 1. The third-order valence-corrected chi connectivity index (χ3v) is 3.41. The Bertz CT molecular complexity index is 466. The fourth-order valence-corrected chi connectivity index (χ4v) is 2.21. The molecular weight excluding hydrogens is 270 g/mol. The molecule has 5 nitrogen and oxygen atoms in total. The van der Waals surface area contributed by atoms with Gasteiger partial charge in [-0.1, -0.05) is 11.6 Å². The fourth-order valence-electron chi connectivity index (χ4n) is 2.03. The molecule has 2 atom stereocenters. The molecule has 1 aromatic rings. The van der Waals surface area contributed by atoms with Gasteiger partial charge >= 0.3 is 5.97 Å². The monoisotopic (exact) mass is 285 g/mol. The summed E-state index contributed by atoms with van der Waals surface area (Å²) in [4.78, 5) is 10.8. The van der Waals surface area contributed by atoms with Gasteiger partial charge in [-0.2, -0.15) is 0 Å². The Morgan fingerprint density at radius 1 is 1.58 bits per heavy atom. The second-order valence-electron chi connectivity index (χ2n) is 4.39. The van der Waals surface area contributed by atoms with Crippen molar-refractivity contribution in [2.75, 3.05) is 19.0 Å². The highest BCUT2D eigenvalue weighted by Crippen LogP contribution is 2.27. The average molecular weight is 286 g/mol. The van der Waals surface area contributed by atoms with Crippen LogP contribution >= 0.6 is 11.6 Å². The third-order valence-electron chi connectivity index (χ3n) is 3.08. The van der Waals surface area contributed by atoms with Gasteiger partial charge < -0.3 is 19.9 Å². The Morgan fingerprint density at radius 2 is 2.37 bits per heavy atom. The summed E-state index contributed by atoms with van der Waals surface area (Å²) >= 11 is 6.06. The van der Waals surface area contributed by atoms with E-state index in [1.165, 1.54) is 0 Å². The van der Waals surface area contributed by atoms with Gasteiger partial charge in [-0.15, -0.1) is 0 Å². The quantitative estimate of drug-likeness (QED) is 0.869. The van der Waals surface area contributed by atoms with Crippen molar-refractivity contribution in [1.82, 2.24) is 0 Å². The van der Waals surface area contributed by atoms with Crippen molar-refractivity contribution >= 4 is 23.3 Å². The predicted octanol–water partition coefficient (Wildman–Crippen LogP) is 2.39. The lowest BCUT2D eigenvalue weighted by atomic mass is 10.2. The van der Waals surface area contributed by atoms with E-state index in [0.29, 0.717) is 23.7 Å². The Hall–Kier alpha value is -1.46. The minimum absolute atomic E-state index is 0.108. The zero-order valence-corrected chi connectivity index (χ0v) is 11.3. The fraction of sp³-hybridized carbons (Fsp3) is 0.462. The summed E-state index contributed by atoms with van der Waals surface area (Å²) in [7, 11) is 1.59. The Morgan fingerprint density at radius 3 is 3.00 bits per heavy atom. The summed E-state index contributed by atoms with van der Waals surface area (Å²) in [5, 5.41) is 12.6. The predicted molar refractivity (Wildman–Crippen MR) is 72.0 cm³/mol. The van der Waals surface area contributed by atoms with Gasteiger partial charge in [-0.25, -0.2) is 4.79 Å². The number of carboxylic acids is 1. The molecule has 2 rings (SSSR count). The number of anilines is 1. The largest absolute Gasteiger partial charge is 0.497 e. The van der Waals surface area contributed by atoms with Crippen molar-refractivity contribution in [3.05, 3.63) is 23.2 Å². The first-order valence-corrected chi connectivity index (χ1v) is 6.43. The Kier molecular flexibility index (Phi) is 4.50. The molecule has 104 valence electrons. The topological polar surface area (TPSA) is 67.8 Å². The Balaban J connectivity index is 1.91. The van der Waals surface area contributed by atoms with Gasteiger partial charge in [-0.05, 0) is 25.0 Å². The van der Waals surface area contributed by atoms with Crippen LogP contribution in [0, 0.1) is 0 Å². The van der Waals surface area contributed by atoms with E-state index in [-0.39, 0.29) is 6.10 Å². The molecule has 19 heavy (non-hydrogen) atoms.